The molecule has 0 aromatic heterocycles. The van der Waals surface area contributed by atoms with Crippen LogP contribution < -0.4 is 0 Å². The minimum Gasteiger partial charge on any atom is -0.547 e. The van der Waals surface area contributed by atoms with E-state index in [9.17, 15) is 4.79 Å². The summed E-state index contributed by atoms with van der Waals surface area (Å²) in [5.74, 6) is 2.80. The van der Waals surface area contributed by atoms with Crippen molar-refractivity contribution >= 4 is 22.4 Å². The van der Waals surface area contributed by atoms with Crippen molar-refractivity contribution in [3.05, 3.63) is 23.5 Å². The van der Waals surface area contributed by atoms with Crippen molar-refractivity contribution in [1.82, 2.24) is 0 Å². The zero-order valence-electron chi connectivity index (χ0n) is 20.4. The molecule has 0 N–H and O–H groups in total. The van der Waals surface area contributed by atoms with E-state index in [1.54, 1.807) is 0 Å². The van der Waals surface area contributed by atoms with Gasteiger partial charge in [-0.15, -0.1) is 0 Å². The van der Waals surface area contributed by atoms with E-state index in [1.807, 2.05) is 0 Å². The first-order valence-corrected chi connectivity index (χ1v) is 18.8. The zero-order valence-corrected chi connectivity index (χ0v) is 22.4. The lowest BCUT2D eigenvalue weighted by Crippen LogP contribution is -2.55. The third kappa shape index (κ3) is 3.83. The van der Waals surface area contributed by atoms with E-state index < -0.39 is 16.6 Å². The zero-order chi connectivity index (χ0) is 22.1. The van der Waals surface area contributed by atoms with Gasteiger partial charge in [-0.05, 0) is 94.7 Å². The lowest BCUT2D eigenvalue weighted by molar-refractivity contribution is -0.142. The normalized spacial score (nSPS) is 41.4. The number of ketones is 1. The van der Waals surface area contributed by atoms with Crippen molar-refractivity contribution < 1.29 is 13.6 Å². The molecule has 5 heteroatoms. The summed E-state index contributed by atoms with van der Waals surface area (Å²) in [6.45, 7) is 18.3. The summed E-state index contributed by atoms with van der Waals surface area (Å²) < 4.78 is 13.0. The van der Waals surface area contributed by atoms with E-state index in [1.165, 1.54) is 5.57 Å². The Balaban J connectivity index is 1.59. The van der Waals surface area contributed by atoms with Crippen LogP contribution in [0.5, 0.6) is 0 Å². The van der Waals surface area contributed by atoms with E-state index >= 15 is 0 Å². The molecule has 0 bridgehead atoms. The predicted octanol–water partition coefficient (Wildman–Crippen LogP) is 6.69. The molecule has 0 saturated heterocycles. The molecule has 0 amide bonds. The predicted molar refractivity (Wildman–Crippen MR) is 128 cm³/mol. The van der Waals surface area contributed by atoms with E-state index in [2.05, 4.69) is 65.3 Å². The fourth-order valence-electron chi connectivity index (χ4n) is 7.09. The first-order chi connectivity index (χ1) is 13.7. The van der Waals surface area contributed by atoms with Crippen molar-refractivity contribution in [3.8, 4) is 0 Å². The molecule has 4 rings (SSSR count). The average Bonchev–Trinajstić information content (AvgIpc) is 2.88. The van der Waals surface area contributed by atoms with Crippen molar-refractivity contribution in [1.29, 1.82) is 0 Å². The highest BCUT2D eigenvalue weighted by Crippen LogP contribution is 2.64. The molecule has 0 heterocycles. The first kappa shape index (κ1) is 22.5. The summed E-state index contributed by atoms with van der Waals surface area (Å²) >= 11 is 0. The summed E-state index contributed by atoms with van der Waals surface area (Å²) in [5.41, 5.74) is 1.45. The minimum absolute atomic E-state index is 0.0308. The molecular formula is C25H42O3Si2. The number of rotatable bonds is 4. The van der Waals surface area contributed by atoms with Crippen molar-refractivity contribution in [2.24, 2.45) is 28.6 Å². The standard InChI is InChI=1S/C25H42O3Si2/c1-24-14-13-18(27-29(3,4)5)15-17(24)9-10-19-20-11-12-22(28-30(6,7)8)25(20,2)16-21(26)23(19)24/h9,12,18-20,23H,10-11,13-16H2,1-8H3/t18-,19?,20?,23?,24-,25-/m0/s1. The summed E-state index contributed by atoms with van der Waals surface area (Å²) in [7, 11) is -3.22. The molecule has 3 unspecified atom stereocenters. The fraction of sp³-hybridized carbons (Fsp3) is 0.800. The molecular weight excluding hydrogens is 404 g/mol. The second kappa shape index (κ2) is 7.18. The number of allylic oxidation sites excluding steroid dienone is 3. The van der Waals surface area contributed by atoms with Crippen LogP contribution in [0.15, 0.2) is 23.5 Å². The quantitative estimate of drug-likeness (QED) is 0.356. The van der Waals surface area contributed by atoms with Crippen LogP contribution in [0.4, 0.5) is 0 Å². The maximum Gasteiger partial charge on any atom is 0.241 e. The highest BCUT2D eigenvalue weighted by Gasteiger charge is 2.61. The van der Waals surface area contributed by atoms with Gasteiger partial charge in [0.15, 0.2) is 8.32 Å². The van der Waals surface area contributed by atoms with Crippen LogP contribution in [-0.2, 0) is 13.6 Å². The van der Waals surface area contributed by atoms with Crippen LogP contribution in [-0.4, -0.2) is 28.5 Å². The van der Waals surface area contributed by atoms with E-state index in [0.29, 0.717) is 30.1 Å². The van der Waals surface area contributed by atoms with Gasteiger partial charge in [-0.3, -0.25) is 4.79 Å². The molecule has 0 aromatic rings. The van der Waals surface area contributed by atoms with Crippen molar-refractivity contribution in [3.63, 3.8) is 0 Å². The summed E-state index contributed by atoms with van der Waals surface area (Å²) in [6, 6.07) is 0. The third-order valence-corrected chi connectivity index (χ3v) is 10.1. The smallest absolute Gasteiger partial charge is 0.241 e. The maximum absolute atomic E-state index is 13.7. The average molecular weight is 447 g/mol. The van der Waals surface area contributed by atoms with Gasteiger partial charge in [-0.25, -0.2) is 0 Å². The van der Waals surface area contributed by atoms with Crippen molar-refractivity contribution in [2.45, 2.75) is 97.8 Å². The Hall–Kier alpha value is -0.656. The third-order valence-electron chi connectivity index (χ3n) is 8.20. The largest absolute Gasteiger partial charge is 0.547 e. The maximum atomic E-state index is 13.7. The topological polar surface area (TPSA) is 35.5 Å². The van der Waals surface area contributed by atoms with Crippen LogP contribution in [0.2, 0.25) is 39.3 Å². The van der Waals surface area contributed by atoms with Gasteiger partial charge < -0.3 is 8.85 Å². The van der Waals surface area contributed by atoms with Gasteiger partial charge in [0, 0.05) is 23.9 Å². The Morgan fingerprint density at radius 2 is 1.67 bits per heavy atom. The molecule has 168 valence electrons. The molecule has 0 aromatic carbocycles. The van der Waals surface area contributed by atoms with Gasteiger partial charge >= 0.3 is 0 Å². The second-order valence-corrected chi connectivity index (χ2v) is 21.7. The van der Waals surface area contributed by atoms with E-state index in [0.717, 1.165) is 37.9 Å². The van der Waals surface area contributed by atoms with Gasteiger partial charge in [0.05, 0.1) is 5.76 Å². The Morgan fingerprint density at radius 3 is 2.30 bits per heavy atom. The highest BCUT2D eigenvalue weighted by atomic mass is 28.4. The number of hydrogen-bond donors (Lipinski definition) is 0. The number of Topliss-reactive ketones (excluding diaryl/α,β-unsaturated/α-hetero) is 1. The molecule has 0 aliphatic heterocycles. The minimum atomic E-state index is -1.68. The van der Waals surface area contributed by atoms with Gasteiger partial charge in [0.1, 0.15) is 5.78 Å². The van der Waals surface area contributed by atoms with E-state index in [4.69, 9.17) is 8.85 Å². The SMILES string of the molecule is C[C@]12CC[C@H](O[Si](C)(C)C)CC1=CCC1C2C(=O)C[C@]2(C)C(O[Si](C)(C)C)=CCC12. The van der Waals surface area contributed by atoms with Crippen LogP contribution in [0.1, 0.15) is 52.4 Å². The molecule has 2 saturated carbocycles. The summed E-state index contributed by atoms with van der Waals surface area (Å²) in [5, 5.41) is 0. The molecule has 3 nitrogen and oxygen atoms in total. The Morgan fingerprint density at radius 1 is 0.967 bits per heavy atom. The number of carbonyl (C=O) groups excluding carboxylic acids is 1. The molecule has 2 fully saturated rings. The van der Waals surface area contributed by atoms with Crippen LogP contribution in [0, 0.1) is 28.6 Å². The van der Waals surface area contributed by atoms with Crippen LogP contribution >= 0.6 is 0 Å². The number of hydrogen-bond acceptors (Lipinski definition) is 3. The fourth-order valence-corrected chi connectivity index (χ4v) is 9.26. The first-order valence-electron chi connectivity index (χ1n) is 12.0. The Bertz CT molecular complexity index is 787. The number of carbonyl (C=O) groups is 1. The lowest BCUT2D eigenvalue weighted by Gasteiger charge is -2.57. The van der Waals surface area contributed by atoms with Gasteiger partial charge in [-0.2, -0.15) is 0 Å². The molecule has 6 atom stereocenters. The van der Waals surface area contributed by atoms with Gasteiger partial charge in [0.2, 0.25) is 8.32 Å². The molecule has 4 aliphatic rings. The lowest BCUT2D eigenvalue weighted by atomic mass is 9.47. The number of fused-ring (bicyclic) bond motifs is 5. The second-order valence-electron chi connectivity index (χ2n) is 12.8. The van der Waals surface area contributed by atoms with Crippen LogP contribution in [0.3, 0.4) is 0 Å². The van der Waals surface area contributed by atoms with Gasteiger partial charge in [-0.1, -0.05) is 25.5 Å². The monoisotopic (exact) mass is 446 g/mol. The Labute approximate surface area is 185 Å². The van der Waals surface area contributed by atoms with Gasteiger partial charge in [0.25, 0.3) is 0 Å². The van der Waals surface area contributed by atoms with E-state index in [-0.39, 0.29) is 16.7 Å². The Kier molecular flexibility index (Phi) is 5.39. The molecule has 4 aliphatic carbocycles. The summed E-state index contributed by atoms with van der Waals surface area (Å²) in [4.78, 5) is 13.7. The molecule has 0 radical (unpaired) electrons. The summed E-state index contributed by atoms with van der Waals surface area (Å²) in [6.07, 6.45) is 11.2. The van der Waals surface area contributed by atoms with Crippen molar-refractivity contribution in [2.75, 3.05) is 0 Å². The van der Waals surface area contributed by atoms with Crippen LogP contribution in [0.25, 0.3) is 0 Å². The molecule has 0 spiro atoms. The highest BCUT2D eigenvalue weighted by molar-refractivity contribution is 6.70. The molecule has 30 heavy (non-hydrogen) atoms.